The fourth-order valence-corrected chi connectivity index (χ4v) is 6.03. The lowest BCUT2D eigenvalue weighted by Gasteiger charge is -2.20. The van der Waals surface area contributed by atoms with Crippen molar-refractivity contribution >= 4 is 19.8 Å². The summed E-state index contributed by atoms with van der Waals surface area (Å²) in [5.74, 6) is -0.991. The maximum Gasteiger partial charge on any atom is 0.472 e. The van der Waals surface area contributed by atoms with Crippen LogP contribution in [0.15, 0.2) is 24.3 Å². The van der Waals surface area contributed by atoms with Crippen molar-refractivity contribution in [2.45, 2.75) is 187 Å². The van der Waals surface area contributed by atoms with Crippen molar-refractivity contribution in [2.75, 3.05) is 26.4 Å². The second-order valence-electron chi connectivity index (χ2n) is 13.3. The number of rotatable bonds is 37. The Morgan fingerprint density at radius 3 is 1.56 bits per heavy atom. The molecule has 0 rings (SSSR count). The van der Waals surface area contributed by atoms with Crippen LogP contribution < -0.4 is 0 Å². The van der Waals surface area contributed by atoms with Gasteiger partial charge in [-0.25, -0.2) is 4.57 Å². The molecule has 1 unspecified atom stereocenters. The molecule has 0 saturated heterocycles. The monoisotopic (exact) mass is 732 g/mol. The molecule has 0 heterocycles. The summed E-state index contributed by atoms with van der Waals surface area (Å²) in [4.78, 5) is 34.8. The first kappa shape index (κ1) is 48.5. The highest BCUT2D eigenvalue weighted by atomic mass is 31.2. The number of aliphatic hydroxyl groups excluding tert-OH is 2. The molecule has 0 amide bonds. The van der Waals surface area contributed by atoms with Gasteiger partial charge in [-0.1, -0.05) is 134 Å². The van der Waals surface area contributed by atoms with Crippen molar-refractivity contribution in [1.82, 2.24) is 0 Å². The van der Waals surface area contributed by atoms with Crippen LogP contribution >= 0.6 is 7.82 Å². The van der Waals surface area contributed by atoms with Gasteiger partial charge in [0.15, 0.2) is 6.10 Å². The van der Waals surface area contributed by atoms with Crippen LogP contribution in [0.2, 0.25) is 0 Å². The number of phosphoric acid groups is 1. The van der Waals surface area contributed by atoms with E-state index in [4.69, 9.17) is 19.1 Å². The summed E-state index contributed by atoms with van der Waals surface area (Å²) >= 11 is 0. The zero-order valence-corrected chi connectivity index (χ0v) is 32.5. The molecule has 0 spiro atoms. The number of carbonyl (C=O) groups is 2. The minimum absolute atomic E-state index is 0.101. The van der Waals surface area contributed by atoms with Crippen LogP contribution in [0.5, 0.6) is 0 Å². The molecule has 0 aliphatic rings. The molecular weight excluding hydrogens is 659 g/mol. The molecular formula is C39H73O10P. The maximum absolute atomic E-state index is 12.5. The molecule has 0 aromatic carbocycles. The number of unbranched alkanes of at least 4 members (excludes halogenated alkanes) is 19. The quantitative estimate of drug-likeness (QED) is 0.0244. The van der Waals surface area contributed by atoms with E-state index in [0.717, 1.165) is 51.4 Å². The SMILES string of the molecule is CCCCC/C=C/CCCCCCCC(=O)OC[C@H](COP(=O)(O)OC[C@@H](O)CO)OC(=O)CC/C=C/CCCCCCCCCCCCC. The zero-order chi connectivity index (χ0) is 37.0. The van der Waals surface area contributed by atoms with Gasteiger partial charge >= 0.3 is 19.8 Å². The third-order valence-corrected chi connectivity index (χ3v) is 9.29. The second-order valence-corrected chi connectivity index (χ2v) is 14.8. The van der Waals surface area contributed by atoms with Gasteiger partial charge in [-0.05, 0) is 51.4 Å². The van der Waals surface area contributed by atoms with Crippen molar-refractivity contribution < 1.29 is 47.8 Å². The van der Waals surface area contributed by atoms with E-state index < -0.39 is 51.8 Å². The summed E-state index contributed by atoms with van der Waals surface area (Å²) in [5, 5.41) is 18.3. The number of hydrogen-bond donors (Lipinski definition) is 3. The van der Waals surface area contributed by atoms with Gasteiger partial charge in [0.1, 0.15) is 12.7 Å². The average molecular weight is 733 g/mol. The predicted molar refractivity (Wildman–Crippen MR) is 201 cm³/mol. The summed E-state index contributed by atoms with van der Waals surface area (Å²) in [7, 11) is -4.62. The predicted octanol–water partition coefficient (Wildman–Crippen LogP) is 9.83. The number of phosphoric ester groups is 1. The minimum Gasteiger partial charge on any atom is -0.462 e. The molecule has 0 bridgehead atoms. The van der Waals surface area contributed by atoms with Crippen LogP contribution in [-0.4, -0.2) is 65.7 Å². The van der Waals surface area contributed by atoms with Crippen LogP contribution in [0.1, 0.15) is 174 Å². The van der Waals surface area contributed by atoms with E-state index in [1.54, 1.807) is 0 Å². The molecule has 0 aromatic rings. The first-order chi connectivity index (χ1) is 24.2. The third-order valence-electron chi connectivity index (χ3n) is 8.34. The first-order valence-electron chi connectivity index (χ1n) is 19.8. The molecule has 0 radical (unpaired) electrons. The number of allylic oxidation sites excluding steroid dienone is 4. The second kappa shape index (κ2) is 35.8. The standard InChI is InChI=1S/C39H73O10P/c1-3-5-7-9-11-13-15-17-18-19-21-23-25-27-29-31-39(43)49-37(35-48-50(44,45)47-33-36(41)32-40)34-46-38(42)30-28-26-24-22-20-16-14-12-10-8-6-4-2/h12,14,25,27,36-37,40-41H,3-11,13,15-24,26,28-35H2,1-2H3,(H,44,45)/b14-12+,27-25+/t36-,37+/m0/s1. The number of hydrogen-bond acceptors (Lipinski definition) is 9. The van der Waals surface area contributed by atoms with E-state index in [1.165, 1.54) is 83.5 Å². The Kier molecular flexibility index (Phi) is 34.7. The normalized spacial score (nSPS) is 14.3. The zero-order valence-electron chi connectivity index (χ0n) is 31.6. The third kappa shape index (κ3) is 34.9. The largest absolute Gasteiger partial charge is 0.472 e. The molecule has 0 aliphatic heterocycles. The summed E-state index contributed by atoms with van der Waals surface area (Å²) in [5.41, 5.74) is 0. The van der Waals surface area contributed by atoms with Gasteiger partial charge in [-0.15, -0.1) is 0 Å². The Balaban J connectivity index is 4.40. The Morgan fingerprint density at radius 1 is 0.580 bits per heavy atom. The number of ether oxygens (including phenoxy) is 2. The highest BCUT2D eigenvalue weighted by Gasteiger charge is 2.27. The highest BCUT2D eigenvalue weighted by molar-refractivity contribution is 7.47. The molecule has 294 valence electrons. The van der Waals surface area contributed by atoms with E-state index >= 15 is 0 Å². The lowest BCUT2D eigenvalue weighted by Crippen LogP contribution is -2.29. The minimum atomic E-state index is -4.62. The molecule has 3 N–H and O–H groups in total. The van der Waals surface area contributed by atoms with Crippen LogP contribution in [0.25, 0.3) is 0 Å². The Morgan fingerprint density at radius 2 is 1.02 bits per heavy atom. The topological polar surface area (TPSA) is 149 Å². The van der Waals surface area contributed by atoms with Gasteiger partial charge in [0.2, 0.25) is 0 Å². The fraction of sp³-hybridized carbons (Fsp3) is 0.846. The molecule has 0 aliphatic carbocycles. The average Bonchev–Trinajstić information content (AvgIpc) is 3.10. The van der Waals surface area contributed by atoms with Gasteiger partial charge in [0.25, 0.3) is 0 Å². The van der Waals surface area contributed by atoms with Crippen LogP contribution in [-0.2, 0) is 32.7 Å². The number of esters is 2. The van der Waals surface area contributed by atoms with E-state index in [1.807, 2.05) is 6.08 Å². The number of carbonyl (C=O) groups excluding carboxylic acids is 2. The lowest BCUT2D eigenvalue weighted by atomic mass is 10.1. The Bertz CT molecular complexity index is 894. The van der Waals surface area contributed by atoms with Crippen molar-refractivity contribution in [3.05, 3.63) is 24.3 Å². The van der Waals surface area contributed by atoms with Crippen molar-refractivity contribution in [2.24, 2.45) is 0 Å². The number of aliphatic hydroxyl groups is 2. The van der Waals surface area contributed by atoms with Crippen molar-refractivity contribution in [3.8, 4) is 0 Å². The molecule has 0 fully saturated rings. The van der Waals surface area contributed by atoms with Gasteiger partial charge in [-0.3, -0.25) is 18.6 Å². The molecule has 10 nitrogen and oxygen atoms in total. The Labute approximate surface area is 304 Å². The van der Waals surface area contributed by atoms with E-state index in [9.17, 15) is 24.2 Å². The fourth-order valence-electron chi connectivity index (χ4n) is 5.24. The van der Waals surface area contributed by atoms with Gasteiger partial charge in [0.05, 0.1) is 19.8 Å². The van der Waals surface area contributed by atoms with Crippen molar-refractivity contribution in [3.63, 3.8) is 0 Å². The van der Waals surface area contributed by atoms with Crippen LogP contribution in [0.3, 0.4) is 0 Å². The molecule has 3 atom stereocenters. The van der Waals surface area contributed by atoms with Gasteiger partial charge in [-0.2, -0.15) is 0 Å². The smallest absolute Gasteiger partial charge is 0.462 e. The molecule has 0 aromatic heterocycles. The summed E-state index contributed by atoms with van der Waals surface area (Å²) in [6, 6.07) is 0. The lowest BCUT2D eigenvalue weighted by molar-refractivity contribution is -0.161. The summed E-state index contributed by atoms with van der Waals surface area (Å²) < 4.78 is 32.5. The highest BCUT2D eigenvalue weighted by Crippen LogP contribution is 2.43. The van der Waals surface area contributed by atoms with E-state index in [-0.39, 0.29) is 19.4 Å². The molecule has 0 saturated carbocycles. The van der Waals surface area contributed by atoms with Gasteiger partial charge in [0, 0.05) is 12.8 Å². The first-order valence-corrected chi connectivity index (χ1v) is 21.3. The molecule has 50 heavy (non-hydrogen) atoms. The van der Waals surface area contributed by atoms with Crippen LogP contribution in [0, 0.1) is 0 Å². The van der Waals surface area contributed by atoms with Crippen LogP contribution in [0.4, 0.5) is 0 Å². The van der Waals surface area contributed by atoms with Gasteiger partial charge < -0.3 is 24.6 Å². The van der Waals surface area contributed by atoms with Crippen molar-refractivity contribution in [1.29, 1.82) is 0 Å². The maximum atomic E-state index is 12.5. The van der Waals surface area contributed by atoms with E-state index in [2.05, 4.69) is 36.6 Å². The summed E-state index contributed by atoms with van der Waals surface area (Å²) in [6.45, 7) is 2.30. The van der Waals surface area contributed by atoms with E-state index in [0.29, 0.717) is 12.8 Å². The summed E-state index contributed by atoms with van der Waals surface area (Å²) in [6.07, 6.45) is 33.0. The Hall–Kier alpha value is -1.55. The molecule has 11 heteroatoms.